The zero-order chi connectivity index (χ0) is 19.2. The second-order valence-corrected chi connectivity index (χ2v) is 8.33. The van der Waals surface area contributed by atoms with Gasteiger partial charge in [-0.2, -0.15) is 0 Å². The fraction of sp³-hybridized carbons (Fsp3) is 0.222. The Balaban J connectivity index is 1.85. The third-order valence-electron chi connectivity index (χ3n) is 3.33. The minimum atomic E-state index is -3.21. The first-order valence-electron chi connectivity index (χ1n) is 7.68. The molecular formula is C18H18ClNO5S. The van der Waals surface area contributed by atoms with Crippen LogP contribution in [0, 0.1) is 0 Å². The summed E-state index contributed by atoms with van der Waals surface area (Å²) in [5.74, 6) is -1.31. The van der Waals surface area contributed by atoms with E-state index in [1.165, 1.54) is 12.1 Å². The predicted octanol–water partition coefficient (Wildman–Crippen LogP) is 2.36. The normalized spacial score (nSPS) is 11.0. The molecule has 2 rings (SSSR count). The number of halogens is 1. The molecule has 2 aromatic carbocycles. The van der Waals surface area contributed by atoms with Crippen LogP contribution in [0.3, 0.4) is 0 Å². The quantitative estimate of drug-likeness (QED) is 0.727. The smallest absolute Gasteiger partial charge is 0.338 e. The number of carbonyl (C=O) groups excluding carboxylic acids is 2. The molecule has 0 fully saturated rings. The second-order valence-electron chi connectivity index (χ2n) is 5.75. The van der Waals surface area contributed by atoms with Gasteiger partial charge in [-0.05, 0) is 35.4 Å². The van der Waals surface area contributed by atoms with E-state index < -0.39 is 28.3 Å². The number of hydrogen-bond acceptors (Lipinski definition) is 5. The first-order valence-corrected chi connectivity index (χ1v) is 10.1. The van der Waals surface area contributed by atoms with Crippen molar-refractivity contribution in [3.63, 3.8) is 0 Å². The van der Waals surface area contributed by atoms with Crippen molar-refractivity contribution in [2.75, 3.05) is 12.9 Å². The molecule has 1 amide bonds. The van der Waals surface area contributed by atoms with Crippen molar-refractivity contribution < 1.29 is 22.7 Å². The zero-order valence-electron chi connectivity index (χ0n) is 14.1. The molecule has 0 aromatic heterocycles. The number of carbonyl (C=O) groups is 2. The van der Waals surface area contributed by atoms with Crippen LogP contribution in [-0.2, 0) is 31.7 Å². The third-order valence-corrected chi connectivity index (χ3v) is 4.44. The van der Waals surface area contributed by atoms with Gasteiger partial charge in [0.15, 0.2) is 16.4 Å². The van der Waals surface area contributed by atoms with Crippen LogP contribution < -0.4 is 5.32 Å². The van der Waals surface area contributed by atoms with E-state index >= 15 is 0 Å². The number of sulfone groups is 1. The SMILES string of the molecule is CS(=O)(=O)Cc1cccc(C(=O)OCC(=O)NCc2ccc(Cl)cc2)c1. The Bertz CT molecular complexity index is 894. The summed E-state index contributed by atoms with van der Waals surface area (Å²) >= 11 is 5.79. The molecule has 138 valence electrons. The van der Waals surface area contributed by atoms with Gasteiger partial charge in [-0.25, -0.2) is 13.2 Å². The van der Waals surface area contributed by atoms with Crippen molar-refractivity contribution >= 4 is 33.3 Å². The van der Waals surface area contributed by atoms with Crippen molar-refractivity contribution in [2.45, 2.75) is 12.3 Å². The Morgan fingerprint density at radius 3 is 2.42 bits per heavy atom. The molecular weight excluding hydrogens is 378 g/mol. The largest absolute Gasteiger partial charge is 0.452 e. The number of amides is 1. The standard InChI is InChI=1S/C18H18ClNO5S/c1-26(23,24)12-14-3-2-4-15(9-14)18(22)25-11-17(21)20-10-13-5-7-16(19)8-6-13/h2-9H,10-12H2,1H3,(H,20,21). The highest BCUT2D eigenvalue weighted by atomic mass is 35.5. The van der Waals surface area contributed by atoms with Crippen molar-refractivity contribution in [2.24, 2.45) is 0 Å². The molecule has 0 aliphatic heterocycles. The molecule has 1 N–H and O–H groups in total. The summed E-state index contributed by atoms with van der Waals surface area (Å²) in [6.45, 7) is -0.139. The second kappa shape index (κ2) is 8.82. The number of hydrogen-bond donors (Lipinski definition) is 1. The Hall–Kier alpha value is -2.38. The molecule has 0 saturated carbocycles. The van der Waals surface area contributed by atoms with Crippen molar-refractivity contribution in [3.8, 4) is 0 Å². The van der Waals surface area contributed by atoms with E-state index in [9.17, 15) is 18.0 Å². The van der Waals surface area contributed by atoms with E-state index in [4.69, 9.17) is 16.3 Å². The lowest BCUT2D eigenvalue weighted by Gasteiger charge is -2.08. The molecule has 26 heavy (non-hydrogen) atoms. The average molecular weight is 396 g/mol. The van der Waals surface area contributed by atoms with Gasteiger partial charge in [0.1, 0.15) is 0 Å². The van der Waals surface area contributed by atoms with E-state index in [1.807, 2.05) is 0 Å². The topological polar surface area (TPSA) is 89.5 Å². The van der Waals surface area contributed by atoms with Crippen LogP contribution in [0.1, 0.15) is 21.5 Å². The molecule has 0 spiro atoms. The van der Waals surface area contributed by atoms with Crippen LogP contribution in [0.5, 0.6) is 0 Å². The fourth-order valence-corrected chi connectivity index (χ4v) is 3.07. The maximum Gasteiger partial charge on any atom is 0.338 e. The maximum atomic E-state index is 12.0. The van der Waals surface area contributed by atoms with E-state index in [-0.39, 0.29) is 17.9 Å². The van der Waals surface area contributed by atoms with E-state index in [1.54, 1.807) is 36.4 Å². The van der Waals surface area contributed by atoms with Gasteiger partial charge >= 0.3 is 5.97 Å². The van der Waals surface area contributed by atoms with Crippen molar-refractivity contribution in [3.05, 3.63) is 70.2 Å². The number of nitrogens with one attached hydrogen (secondary N) is 1. The van der Waals surface area contributed by atoms with Gasteiger partial charge in [0.25, 0.3) is 5.91 Å². The van der Waals surface area contributed by atoms with Gasteiger partial charge in [0, 0.05) is 17.8 Å². The Morgan fingerprint density at radius 2 is 1.77 bits per heavy atom. The van der Waals surface area contributed by atoms with Crippen LogP contribution in [0.2, 0.25) is 5.02 Å². The summed E-state index contributed by atoms with van der Waals surface area (Å²) in [7, 11) is -3.21. The highest BCUT2D eigenvalue weighted by molar-refractivity contribution is 7.89. The molecule has 0 aliphatic rings. The summed E-state index contributed by atoms with van der Waals surface area (Å²) < 4.78 is 27.6. The van der Waals surface area contributed by atoms with E-state index in [0.29, 0.717) is 10.6 Å². The Labute approximate surface area is 157 Å². The van der Waals surface area contributed by atoms with Gasteiger partial charge in [-0.15, -0.1) is 0 Å². The monoisotopic (exact) mass is 395 g/mol. The Morgan fingerprint density at radius 1 is 1.08 bits per heavy atom. The molecule has 0 unspecified atom stereocenters. The zero-order valence-corrected chi connectivity index (χ0v) is 15.6. The van der Waals surface area contributed by atoms with Crippen LogP contribution in [0.15, 0.2) is 48.5 Å². The lowest BCUT2D eigenvalue weighted by atomic mass is 10.1. The molecule has 0 heterocycles. The number of esters is 1. The summed E-state index contributed by atoms with van der Waals surface area (Å²) in [5, 5.41) is 3.23. The van der Waals surface area contributed by atoms with Crippen molar-refractivity contribution in [1.82, 2.24) is 5.32 Å². The molecule has 0 bridgehead atoms. The molecule has 0 atom stereocenters. The lowest BCUT2D eigenvalue weighted by Crippen LogP contribution is -2.28. The molecule has 6 nitrogen and oxygen atoms in total. The minimum Gasteiger partial charge on any atom is -0.452 e. The third kappa shape index (κ3) is 6.85. The summed E-state index contributed by atoms with van der Waals surface area (Å²) in [6, 6.07) is 13.1. The van der Waals surface area contributed by atoms with Gasteiger partial charge in [-0.3, -0.25) is 4.79 Å². The molecule has 0 aliphatic carbocycles. The minimum absolute atomic E-state index is 0.171. The fourth-order valence-electron chi connectivity index (χ4n) is 2.16. The van der Waals surface area contributed by atoms with Crippen LogP contribution in [0.4, 0.5) is 0 Å². The highest BCUT2D eigenvalue weighted by Crippen LogP contribution is 2.11. The van der Waals surface area contributed by atoms with Crippen molar-refractivity contribution in [1.29, 1.82) is 0 Å². The van der Waals surface area contributed by atoms with Gasteiger partial charge in [-0.1, -0.05) is 35.9 Å². The number of ether oxygens (including phenoxy) is 1. The van der Waals surface area contributed by atoms with Gasteiger partial charge in [0.05, 0.1) is 11.3 Å². The van der Waals surface area contributed by atoms with Crippen LogP contribution in [0.25, 0.3) is 0 Å². The lowest BCUT2D eigenvalue weighted by molar-refractivity contribution is -0.124. The van der Waals surface area contributed by atoms with E-state index in [2.05, 4.69) is 5.32 Å². The average Bonchev–Trinajstić information content (AvgIpc) is 2.58. The predicted molar refractivity (Wildman–Crippen MR) is 98.6 cm³/mol. The van der Waals surface area contributed by atoms with E-state index in [0.717, 1.165) is 11.8 Å². The molecule has 2 aromatic rings. The molecule has 8 heteroatoms. The summed E-state index contributed by atoms with van der Waals surface area (Å²) in [4.78, 5) is 23.8. The molecule has 0 saturated heterocycles. The first kappa shape index (κ1) is 19.9. The van der Waals surface area contributed by atoms with Gasteiger partial charge in [0.2, 0.25) is 0 Å². The highest BCUT2D eigenvalue weighted by Gasteiger charge is 2.12. The number of benzene rings is 2. The summed E-state index contributed by atoms with van der Waals surface area (Å²) in [6.07, 6.45) is 1.11. The Kier molecular flexibility index (Phi) is 6.76. The first-order chi connectivity index (χ1) is 12.2. The van der Waals surface area contributed by atoms with Gasteiger partial charge < -0.3 is 10.1 Å². The number of rotatable bonds is 7. The summed E-state index contributed by atoms with van der Waals surface area (Å²) in [5.41, 5.74) is 1.54. The van der Waals surface area contributed by atoms with Crippen LogP contribution in [-0.4, -0.2) is 33.2 Å². The maximum absolute atomic E-state index is 12.0. The van der Waals surface area contributed by atoms with Crippen LogP contribution >= 0.6 is 11.6 Å². The molecule has 0 radical (unpaired) electrons.